The van der Waals surface area contributed by atoms with Gasteiger partial charge in [0, 0.05) is 18.9 Å². The van der Waals surface area contributed by atoms with E-state index in [0.29, 0.717) is 34.4 Å². The number of carbonyl (C=O) groups is 1. The summed E-state index contributed by atoms with van der Waals surface area (Å²) in [6.45, 7) is 2.63. The molecule has 0 aliphatic carbocycles. The van der Waals surface area contributed by atoms with Gasteiger partial charge in [-0.3, -0.25) is 4.79 Å². The second-order valence-electron chi connectivity index (χ2n) is 4.72. The van der Waals surface area contributed by atoms with Gasteiger partial charge >= 0.3 is 0 Å². The fourth-order valence-electron chi connectivity index (χ4n) is 1.92. The molecule has 6 heteroatoms. The highest BCUT2D eigenvalue weighted by molar-refractivity contribution is 6.32. The molecule has 112 valence electrons. The fraction of sp³-hybridized carbons (Fsp3) is 0.267. The third-order valence-corrected chi connectivity index (χ3v) is 3.21. The number of rotatable bonds is 5. The highest BCUT2D eigenvalue weighted by Gasteiger charge is 2.12. The summed E-state index contributed by atoms with van der Waals surface area (Å²) in [5.74, 6) is 0.368. The Balaban J connectivity index is 2.11. The van der Waals surface area contributed by atoms with Crippen LogP contribution in [-0.4, -0.2) is 17.1 Å². The molecule has 1 amide bonds. The molecule has 5 nitrogen and oxygen atoms in total. The number of anilines is 2. The maximum atomic E-state index is 12.2. The van der Waals surface area contributed by atoms with Crippen LogP contribution >= 0.6 is 11.6 Å². The van der Waals surface area contributed by atoms with E-state index in [1.807, 2.05) is 6.92 Å². The van der Waals surface area contributed by atoms with E-state index in [0.717, 1.165) is 6.42 Å². The summed E-state index contributed by atoms with van der Waals surface area (Å²) in [5.41, 5.74) is 7.29. The number of aromatic nitrogens is 1. The summed E-state index contributed by atoms with van der Waals surface area (Å²) in [6.07, 6.45) is 2.59. The number of nitrogens with one attached hydrogen (secondary N) is 1. The molecule has 3 N–H and O–H groups in total. The molecule has 1 aromatic carbocycles. The van der Waals surface area contributed by atoms with E-state index >= 15 is 0 Å². The number of halogens is 1. The number of nitrogens with zero attached hydrogens (tertiary/aromatic N) is 1. The second-order valence-corrected chi connectivity index (χ2v) is 5.12. The summed E-state index contributed by atoms with van der Waals surface area (Å²) < 4.78 is 7.16. The Hall–Kier alpha value is -2.14. The van der Waals surface area contributed by atoms with Gasteiger partial charge in [-0.1, -0.05) is 18.5 Å². The molecule has 0 aliphatic heterocycles. The monoisotopic (exact) mass is 307 g/mol. The molecule has 0 fully saturated rings. The van der Waals surface area contributed by atoms with Crippen molar-refractivity contribution >= 4 is 28.9 Å². The van der Waals surface area contributed by atoms with Gasteiger partial charge in [0.15, 0.2) is 0 Å². The second kappa shape index (κ2) is 6.54. The number of carbonyl (C=O) groups excluding carboxylic acids is 1. The first-order chi connectivity index (χ1) is 10.0. The van der Waals surface area contributed by atoms with Gasteiger partial charge in [0.05, 0.1) is 17.3 Å². The van der Waals surface area contributed by atoms with Crippen LogP contribution in [0.4, 0.5) is 11.4 Å². The van der Waals surface area contributed by atoms with Gasteiger partial charge in [-0.2, -0.15) is 0 Å². The zero-order chi connectivity index (χ0) is 15.4. The Labute approximate surface area is 128 Å². The minimum atomic E-state index is -0.243. The topological polar surface area (TPSA) is 69.3 Å². The standard InChI is InChI=1S/C15H18ClN3O2/c1-3-6-21-14-5-4-11(8-12(14)16)18-15(20)13-7-10(17)9-19(13)2/h4-5,7-9H,3,6,17H2,1-2H3,(H,18,20). The smallest absolute Gasteiger partial charge is 0.272 e. The first-order valence-corrected chi connectivity index (χ1v) is 7.04. The Morgan fingerprint density at radius 3 is 2.76 bits per heavy atom. The molecule has 0 atom stereocenters. The molecule has 0 bridgehead atoms. The van der Waals surface area contributed by atoms with Crippen molar-refractivity contribution < 1.29 is 9.53 Å². The van der Waals surface area contributed by atoms with Crippen molar-refractivity contribution in [2.75, 3.05) is 17.7 Å². The quantitative estimate of drug-likeness (QED) is 0.890. The highest BCUT2D eigenvalue weighted by Crippen LogP contribution is 2.28. The summed E-state index contributed by atoms with van der Waals surface area (Å²) >= 11 is 6.13. The molecule has 21 heavy (non-hydrogen) atoms. The van der Waals surface area contributed by atoms with Crippen molar-refractivity contribution in [3.63, 3.8) is 0 Å². The minimum absolute atomic E-state index is 0.243. The minimum Gasteiger partial charge on any atom is -0.492 e. The van der Waals surface area contributed by atoms with Gasteiger partial charge in [0.25, 0.3) is 5.91 Å². The number of benzene rings is 1. The van der Waals surface area contributed by atoms with Gasteiger partial charge < -0.3 is 20.4 Å². The predicted octanol–water partition coefficient (Wildman–Crippen LogP) is 3.30. The fourth-order valence-corrected chi connectivity index (χ4v) is 2.15. The van der Waals surface area contributed by atoms with E-state index in [-0.39, 0.29) is 5.91 Å². The van der Waals surface area contributed by atoms with Crippen molar-refractivity contribution in [2.45, 2.75) is 13.3 Å². The van der Waals surface area contributed by atoms with E-state index in [2.05, 4.69) is 5.32 Å². The molecule has 0 saturated heterocycles. The Bertz CT molecular complexity index is 652. The normalized spacial score (nSPS) is 10.4. The van der Waals surface area contributed by atoms with Gasteiger partial charge in [-0.15, -0.1) is 0 Å². The number of aryl methyl sites for hydroxylation is 1. The number of ether oxygens (including phenoxy) is 1. The number of nitrogen functional groups attached to an aromatic ring is 1. The van der Waals surface area contributed by atoms with E-state index in [1.165, 1.54) is 0 Å². The van der Waals surface area contributed by atoms with Gasteiger partial charge in [-0.05, 0) is 30.7 Å². The maximum absolute atomic E-state index is 12.2. The first-order valence-electron chi connectivity index (χ1n) is 6.66. The van der Waals surface area contributed by atoms with Gasteiger partial charge in [0.2, 0.25) is 0 Å². The Morgan fingerprint density at radius 2 is 2.19 bits per heavy atom. The molecule has 1 aromatic heterocycles. The first kappa shape index (κ1) is 15.3. The van der Waals surface area contributed by atoms with Gasteiger partial charge in [-0.25, -0.2) is 0 Å². The van der Waals surface area contributed by atoms with Crippen LogP contribution in [0, 0.1) is 0 Å². The third kappa shape index (κ3) is 3.70. The lowest BCUT2D eigenvalue weighted by molar-refractivity contribution is 0.101. The third-order valence-electron chi connectivity index (χ3n) is 2.91. The molecule has 0 aliphatic rings. The maximum Gasteiger partial charge on any atom is 0.272 e. The van der Waals surface area contributed by atoms with Crippen LogP contribution in [0.3, 0.4) is 0 Å². The molecule has 0 radical (unpaired) electrons. The van der Waals surface area contributed by atoms with Crippen molar-refractivity contribution in [1.29, 1.82) is 0 Å². The number of nitrogens with two attached hydrogens (primary N) is 1. The lowest BCUT2D eigenvalue weighted by Crippen LogP contribution is -2.15. The number of amides is 1. The van der Waals surface area contributed by atoms with Crippen LogP contribution in [0.1, 0.15) is 23.8 Å². The summed E-state index contributed by atoms with van der Waals surface area (Å²) in [4.78, 5) is 12.2. The SMILES string of the molecule is CCCOc1ccc(NC(=O)c2cc(N)cn2C)cc1Cl. The molecular weight excluding hydrogens is 290 g/mol. The van der Waals surface area contributed by atoms with Crippen LogP contribution in [-0.2, 0) is 7.05 Å². The van der Waals surface area contributed by atoms with Gasteiger partial charge in [0.1, 0.15) is 11.4 Å². The Kier molecular flexibility index (Phi) is 4.75. The van der Waals surface area contributed by atoms with Crippen LogP contribution in [0.25, 0.3) is 0 Å². The highest BCUT2D eigenvalue weighted by atomic mass is 35.5. The van der Waals surface area contributed by atoms with E-state index in [4.69, 9.17) is 22.1 Å². The summed E-state index contributed by atoms with van der Waals surface area (Å²) in [5, 5.41) is 3.25. The molecule has 2 aromatic rings. The molecule has 0 saturated carbocycles. The molecule has 0 spiro atoms. The zero-order valence-electron chi connectivity index (χ0n) is 12.0. The number of hydrogen-bond donors (Lipinski definition) is 2. The molecule has 1 heterocycles. The lowest BCUT2D eigenvalue weighted by atomic mass is 10.3. The predicted molar refractivity (Wildman–Crippen MR) is 85.0 cm³/mol. The summed E-state index contributed by atoms with van der Waals surface area (Å²) in [6, 6.07) is 6.78. The molecule has 2 rings (SSSR count). The average Bonchev–Trinajstić information content (AvgIpc) is 2.77. The average molecular weight is 308 g/mol. The Morgan fingerprint density at radius 1 is 1.43 bits per heavy atom. The molecular formula is C15H18ClN3O2. The van der Waals surface area contributed by atoms with Crippen molar-refractivity contribution in [3.05, 3.63) is 41.2 Å². The van der Waals surface area contributed by atoms with E-state index in [9.17, 15) is 4.79 Å². The lowest BCUT2D eigenvalue weighted by Gasteiger charge is -2.10. The summed E-state index contributed by atoms with van der Waals surface area (Å²) in [7, 11) is 1.76. The zero-order valence-corrected chi connectivity index (χ0v) is 12.8. The van der Waals surface area contributed by atoms with Crippen LogP contribution < -0.4 is 15.8 Å². The largest absolute Gasteiger partial charge is 0.492 e. The van der Waals surface area contributed by atoms with Crippen LogP contribution in [0.15, 0.2) is 30.5 Å². The van der Waals surface area contributed by atoms with E-state index < -0.39 is 0 Å². The molecule has 0 unspecified atom stereocenters. The number of hydrogen-bond acceptors (Lipinski definition) is 3. The van der Waals surface area contributed by atoms with Crippen LogP contribution in [0.2, 0.25) is 5.02 Å². The van der Waals surface area contributed by atoms with Crippen molar-refractivity contribution in [3.8, 4) is 5.75 Å². The van der Waals surface area contributed by atoms with Crippen LogP contribution in [0.5, 0.6) is 5.75 Å². The van der Waals surface area contributed by atoms with Crippen molar-refractivity contribution in [2.24, 2.45) is 7.05 Å². The van der Waals surface area contributed by atoms with Crippen molar-refractivity contribution in [1.82, 2.24) is 4.57 Å². The van der Waals surface area contributed by atoms with E-state index in [1.54, 1.807) is 42.1 Å².